The molecule has 4 aromatic rings. The van der Waals surface area contributed by atoms with Crippen molar-refractivity contribution in [2.75, 3.05) is 40.5 Å². The van der Waals surface area contributed by atoms with Crippen LogP contribution in [0.3, 0.4) is 0 Å². The second kappa shape index (κ2) is 36.4. The highest BCUT2D eigenvalue weighted by Gasteiger charge is 2.18. The quantitative estimate of drug-likeness (QED) is 0.0252. The van der Waals surface area contributed by atoms with Crippen LogP contribution in [0.4, 0.5) is 0 Å². The molecule has 0 saturated carbocycles. The Bertz CT molecular complexity index is 1610. The minimum atomic E-state index is 0.204. The van der Waals surface area contributed by atoms with E-state index >= 15 is 0 Å². The van der Waals surface area contributed by atoms with Crippen molar-refractivity contribution in [2.45, 2.75) is 206 Å². The van der Waals surface area contributed by atoms with Crippen LogP contribution in [0.5, 0.6) is 11.5 Å². The van der Waals surface area contributed by atoms with Crippen molar-refractivity contribution in [2.24, 2.45) is 0 Å². The van der Waals surface area contributed by atoms with Gasteiger partial charge in [-0.1, -0.05) is 228 Å². The van der Waals surface area contributed by atoms with Gasteiger partial charge >= 0.3 is 0 Å². The first-order valence-corrected chi connectivity index (χ1v) is 27.7. The van der Waals surface area contributed by atoms with E-state index in [4.69, 9.17) is 19.1 Å². The van der Waals surface area contributed by atoms with E-state index in [1.165, 1.54) is 200 Å². The van der Waals surface area contributed by atoms with Crippen LogP contribution in [0.2, 0.25) is 0 Å². The third kappa shape index (κ3) is 26.6. The Kier molecular flexibility index (Phi) is 30.4. The highest BCUT2D eigenvalue weighted by atomic mass is 17.0. The van der Waals surface area contributed by atoms with E-state index in [0.717, 1.165) is 63.6 Å². The second-order valence-electron chi connectivity index (χ2n) is 19.8. The first kappa shape index (κ1) is 56.0. The molecule has 0 heterocycles. The minimum Gasteiger partial charge on any atom is -0.494 e. The molecule has 0 bridgehead atoms. The van der Waals surface area contributed by atoms with E-state index in [2.05, 4.69) is 111 Å². The summed E-state index contributed by atoms with van der Waals surface area (Å²) < 4.78 is 12.0. The SMILES string of the molecule is CCCCCCCCOc1ccc(-c2ccc(CCCCCCCCCCO[N+](C)(C)OCCCCCCCCCCc3ccc(-c4ccc(OCCCCCCCC)cc4)cc3)cc2)cc1. The smallest absolute Gasteiger partial charge is 0.132 e. The molecular weight excluding hydrogens is 823 g/mol. The fraction of sp³-hybridized carbons (Fsp3) is 0.613. The number of quaternary nitrogens is 1. The fourth-order valence-electron chi connectivity index (χ4n) is 8.95. The Morgan fingerprint density at radius 1 is 0.284 bits per heavy atom. The summed E-state index contributed by atoms with van der Waals surface area (Å²) in [7, 11) is 4.03. The molecule has 0 aliphatic carbocycles. The summed E-state index contributed by atoms with van der Waals surface area (Å²) in [6.07, 6.45) is 38.3. The number of hydroxylamine groups is 4. The third-order valence-corrected chi connectivity index (χ3v) is 13.3. The molecule has 5 nitrogen and oxygen atoms in total. The number of hydrogen-bond donors (Lipinski definition) is 0. The molecule has 0 spiro atoms. The normalized spacial score (nSPS) is 11.6. The Labute approximate surface area is 411 Å². The zero-order valence-corrected chi connectivity index (χ0v) is 43.4. The standard InChI is InChI=1S/C62H96NO4/c1-5-7-9-11-23-29-51-64-61-47-43-59(44-48-61)57-39-35-55(36-40-57)33-27-21-17-13-15-19-25-31-53-66-63(3,4)67-54-32-26-20-16-14-18-22-28-34-56-37-41-58(42-38-56)60-45-49-62(50-46-60)65-52-30-24-12-10-8-6-2/h35-50H,5-34,51-54H2,1-4H3/q+1. The fourth-order valence-corrected chi connectivity index (χ4v) is 8.95. The van der Waals surface area contributed by atoms with Gasteiger partial charge in [0, 0.05) is 0 Å². The minimum absolute atomic E-state index is 0.204. The summed E-state index contributed by atoms with van der Waals surface area (Å²) in [5, 5.41) is 0. The van der Waals surface area contributed by atoms with Gasteiger partial charge in [-0.2, -0.15) is 9.68 Å². The molecule has 0 aliphatic rings. The monoisotopic (exact) mass is 919 g/mol. The molecule has 0 atom stereocenters. The highest BCUT2D eigenvalue weighted by molar-refractivity contribution is 5.65. The number of unbranched alkanes of at least 4 members (excludes halogenated alkanes) is 24. The Morgan fingerprint density at radius 3 is 0.851 bits per heavy atom. The number of ether oxygens (including phenoxy) is 2. The van der Waals surface area contributed by atoms with Gasteiger partial charge in [0.2, 0.25) is 0 Å². The van der Waals surface area contributed by atoms with Crippen molar-refractivity contribution in [3.8, 4) is 33.8 Å². The van der Waals surface area contributed by atoms with E-state index in [9.17, 15) is 0 Å². The van der Waals surface area contributed by atoms with E-state index in [-0.39, 0.29) is 4.81 Å². The van der Waals surface area contributed by atoms with Gasteiger partial charge < -0.3 is 9.47 Å². The summed E-state index contributed by atoms with van der Waals surface area (Å²) in [6, 6.07) is 35.6. The molecule has 0 aromatic heterocycles. The van der Waals surface area contributed by atoms with Crippen LogP contribution in [-0.2, 0) is 22.5 Å². The maximum atomic E-state index is 6.07. The molecule has 0 radical (unpaired) electrons. The highest BCUT2D eigenvalue weighted by Crippen LogP contribution is 2.26. The van der Waals surface area contributed by atoms with E-state index in [0.29, 0.717) is 0 Å². The molecule has 67 heavy (non-hydrogen) atoms. The zero-order valence-electron chi connectivity index (χ0n) is 43.4. The lowest BCUT2D eigenvalue weighted by Gasteiger charge is -2.24. The largest absolute Gasteiger partial charge is 0.494 e. The van der Waals surface area contributed by atoms with Crippen LogP contribution >= 0.6 is 0 Å². The van der Waals surface area contributed by atoms with Gasteiger partial charge in [-0.15, -0.1) is 0 Å². The predicted octanol–water partition coefficient (Wildman–Crippen LogP) is 18.5. The molecule has 0 aliphatic heterocycles. The van der Waals surface area contributed by atoms with E-state index < -0.39 is 0 Å². The average molecular weight is 919 g/mol. The molecule has 4 rings (SSSR count). The van der Waals surface area contributed by atoms with Gasteiger partial charge in [0.1, 0.15) is 38.8 Å². The molecule has 372 valence electrons. The topological polar surface area (TPSA) is 36.9 Å². The predicted molar refractivity (Wildman–Crippen MR) is 287 cm³/mol. The summed E-state index contributed by atoms with van der Waals surface area (Å²) in [6.45, 7) is 7.70. The van der Waals surface area contributed by atoms with Crippen molar-refractivity contribution in [1.29, 1.82) is 0 Å². The average Bonchev–Trinajstić information content (AvgIpc) is 3.35. The lowest BCUT2D eigenvalue weighted by atomic mass is 10.0. The molecular formula is C62H96NO4+. The van der Waals surface area contributed by atoms with Gasteiger partial charge in [-0.3, -0.25) is 0 Å². The van der Waals surface area contributed by atoms with Gasteiger partial charge in [0.25, 0.3) is 0 Å². The van der Waals surface area contributed by atoms with Crippen molar-refractivity contribution in [1.82, 2.24) is 0 Å². The van der Waals surface area contributed by atoms with Crippen molar-refractivity contribution in [3.63, 3.8) is 0 Å². The number of benzene rings is 4. The molecule has 0 fully saturated rings. The number of nitrogens with zero attached hydrogens (tertiary/aromatic N) is 1. The van der Waals surface area contributed by atoms with Crippen LogP contribution in [0, 0.1) is 0 Å². The number of hydrogen-bond acceptors (Lipinski definition) is 4. The van der Waals surface area contributed by atoms with Crippen LogP contribution in [0.1, 0.15) is 205 Å². The Balaban J connectivity index is 0.885. The third-order valence-electron chi connectivity index (χ3n) is 13.3. The number of rotatable bonds is 42. The van der Waals surface area contributed by atoms with Crippen LogP contribution in [0.15, 0.2) is 97.1 Å². The van der Waals surface area contributed by atoms with Crippen LogP contribution in [-0.4, -0.2) is 45.3 Å². The maximum Gasteiger partial charge on any atom is 0.132 e. The van der Waals surface area contributed by atoms with Crippen molar-refractivity contribution < 1.29 is 24.0 Å². The van der Waals surface area contributed by atoms with E-state index in [1.54, 1.807) is 0 Å². The van der Waals surface area contributed by atoms with Gasteiger partial charge in [-0.25, -0.2) is 0 Å². The van der Waals surface area contributed by atoms with Gasteiger partial charge in [0.15, 0.2) is 0 Å². The summed E-state index contributed by atoms with van der Waals surface area (Å²) >= 11 is 0. The lowest BCUT2D eigenvalue weighted by molar-refractivity contribution is -1.22. The molecule has 0 unspecified atom stereocenters. The van der Waals surface area contributed by atoms with Gasteiger partial charge in [-0.05, 0) is 114 Å². The van der Waals surface area contributed by atoms with Crippen LogP contribution < -0.4 is 9.47 Å². The Morgan fingerprint density at radius 2 is 0.537 bits per heavy atom. The summed E-state index contributed by atoms with van der Waals surface area (Å²) in [4.78, 5) is 12.3. The Hall–Kier alpha value is -3.64. The maximum absolute atomic E-state index is 6.07. The summed E-state index contributed by atoms with van der Waals surface area (Å²) in [5.41, 5.74) is 7.97. The zero-order chi connectivity index (χ0) is 47.3. The summed E-state index contributed by atoms with van der Waals surface area (Å²) in [5.74, 6) is 1.96. The van der Waals surface area contributed by atoms with Gasteiger partial charge in [0.05, 0.1) is 13.2 Å². The molecule has 4 aromatic carbocycles. The second-order valence-corrected chi connectivity index (χ2v) is 19.8. The van der Waals surface area contributed by atoms with Crippen molar-refractivity contribution in [3.05, 3.63) is 108 Å². The molecule has 0 saturated heterocycles. The lowest BCUT2D eigenvalue weighted by Crippen LogP contribution is -2.40. The van der Waals surface area contributed by atoms with Crippen LogP contribution in [0.25, 0.3) is 22.3 Å². The number of aryl methyl sites for hydroxylation is 2. The molecule has 0 N–H and O–H groups in total. The first-order chi connectivity index (χ1) is 33.0. The molecule has 5 heteroatoms. The first-order valence-electron chi connectivity index (χ1n) is 27.7. The molecule has 0 amide bonds. The van der Waals surface area contributed by atoms with E-state index in [1.807, 2.05) is 14.1 Å². The van der Waals surface area contributed by atoms with Crippen molar-refractivity contribution >= 4 is 0 Å².